The molecule has 0 aromatic rings. The molecule has 0 aromatic carbocycles. The van der Waals surface area contributed by atoms with Gasteiger partial charge < -0.3 is 15.7 Å². The normalized spacial score (nSPS) is 22.7. The molecule has 3 N–H and O–H groups in total. The lowest BCUT2D eigenvalue weighted by Gasteiger charge is -2.10. The highest BCUT2D eigenvalue weighted by atomic mass is 16.5. The van der Waals surface area contributed by atoms with E-state index in [1.54, 1.807) is 7.11 Å². The van der Waals surface area contributed by atoms with Crippen LogP contribution in [0.5, 0.6) is 0 Å². The van der Waals surface area contributed by atoms with Crippen molar-refractivity contribution in [2.24, 2.45) is 16.8 Å². The fraction of sp³-hybridized carbons (Fsp3) is 0.833. The zero-order valence-corrected chi connectivity index (χ0v) is 5.95. The summed E-state index contributed by atoms with van der Waals surface area (Å²) in [4.78, 5) is 0. The van der Waals surface area contributed by atoms with Crippen molar-refractivity contribution >= 4 is 5.84 Å². The topological polar surface area (TPSA) is 67.8 Å². The van der Waals surface area contributed by atoms with Gasteiger partial charge >= 0.3 is 0 Å². The van der Waals surface area contributed by atoms with Gasteiger partial charge in [-0.05, 0) is 18.8 Å². The van der Waals surface area contributed by atoms with Gasteiger partial charge in [-0.1, -0.05) is 5.16 Å². The number of oxime groups is 1. The molecule has 10 heavy (non-hydrogen) atoms. The van der Waals surface area contributed by atoms with E-state index in [2.05, 4.69) is 5.16 Å². The van der Waals surface area contributed by atoms with E-state index in [-0.39, 0.29) is 11.9 Å². The van der Waals surface area contributed by atoms with E-state index in [0.717, 1.165) is 12.8 Å². The number of methoxy groups -OCH3 is 1. The third kappa shape index (κ3) is 1.39. The van der Waals surface area contributed by atoms with Crippen LogP contribution in [0.4, 0.5) is 0 Å². The summed E-state index contributed by atoms with van der Waals surface area (Å²) in [5, 5.41) is 11.2. The van der Waals surface area contributed by atoms with E-state index in [1.165, 1.54) is 0 Å². The van der Waals surface area contributed by atoms with Gasteiger partial charge in [0, 0.05) is 7.11 Å². The third-order valence-corrected chi connectivity index (χ3v) is 1.71. The minimum absolute atomic E-state index is 0.176. The van der Waals surface area contributed by atoms with Crippen molar-refractivity contribution in [3.8, 4) is 0 Å². The minimum Gasteiger partial charge on any atom is -0.409 e. The number of nitrogens with two attached hydrogens (primary N) is 1. The summed E-state index contributed by atoms with van der Waals surface area (Å²) in [5.41, 5.74) is 5.34. The van der Waals surface area contributed by atoms with Crippen LogP contribution in [0.25, 0.3) is 0 Å². The molecule has 1 fully saturated rings. The maximum atomic E-state index is 8.30. The first-order chi connectivity index (χ1) is 4.79. The van der Waals surface area contributed by atoms with Crippen LogP contribution in [0.2, 0.25) is 0 Å². The number of ether oxygens (including phenoxy) is 1. The molecule has 1 unspecified atom stereocenters. The van der Waals surface area contributed by atoms with Crippen molar-refractivity contribution in [3.63, 3.8) is 0 Å². The molecular formula is C6H12N2O2. The number of hydrogen-bond acceptors (Lipinski definition) is 3. The predicted molar refractivity (Wildman–Crippen MR) is 36.9 cm³/mol. The molecule has 1 aliphatic rings. The molecule has 4 nitrogen and oxygen atoms in total. The molecule has 0 bridgehead atoms. The maximum Gasteiger partial charge on any atom is 0.168 e. The van der Waals surface area contributed by atoms with Crippen LogP contribution in [-0.4, -0.2) is 24.3 Å². The number of rotatable bonds is 3. The summed E-state index contributed by atoms with van der Waals surface area (Å²) in [6, 6.07) is 0. The zero-order valence-electron chi connectivity index (χ0n) is 5.95. The quantitative estimate of drug-likeness (QED) is 0.256. The van der Waals surface area contributed by atoms with E-state index in [9.17, 15) is 0 Å². The van der Waals surface area contributed by atoms with Crippen LogP contribution in [0.3, 0.4) is 0 Å². The SMILES string of the molecule is COC(C(N)=NO)C1CC1. The van der Waals surface area contributed by atoms with Gasteiger partial charge in [0.2, 0.25) is 0 Å². The molecule has 0 aliphatic heterocycles. The molecule has 0 saturated heterocycles. The van der Waals surface area contributed by atoms with E-state index in [4.69, 9.17) is 15.7 Å². The van der Waals surface area contributed by atoms with Crippen LogP contribution < -0.4 is 5.73 Å². The van der Waals surface area contributed by atoms with Crippen molar-refractivity contribution in [2.45, 2.75) is 18.9 Å². The first kappa shape index (κ1) is 7.34. The Morgan fingerprint density at radius 3 is 2.70 bits per heavy atom. The molecule has 0 heterocycles. The van der Waals surface area contributed by atoms with E-state index in [0.29, 0.717) is 5.92 Å². The summed E-state index contributed by atoms with van der Waals surface area (Å²) in [7, 11) is 1.57. The molecular weight excluding hydrogens is 132 g/mol. The smallest absolute Gasteiger partial charge is 0.168 e. The summed E-state index contributed by atoms with van der Waals surface area (Å²) in [6.45, 7) is 0. The van der Waals surface area contributed by atoms with Gasteiger partial charge in [-0.25, -0.2) is 0 Å². The summed E-state index contributed by atoms with van der Waals surface area (Å²) < 4.78 is 5.01. The van der Waals surface area contributed by atoms with Crippen LogP contribution in [0, 0.1) is 5.92 Å². The average Bonchev–Trinajstić information content (AvgIpc) is 2.73. The number of amidine groups is 1. The molecule has 1 rings (SSSR count). The first-order valence-electron chi connectivity index (χ1n) is 3.29. The molecule has 1 saturated carbocycles. The van der Waals surface area contributed by atoms with Gasteiger partial charge in [-0.15, -0.1) is 0 Å². The lowest BCUT2D eigenvalue weighted by atomic mass is 10.2. The minimum atomic E-state index is -0.176. The molecule has 1 atom stereocenters. The van der Waals surface area contributed by atoms with Crippen LogP contribution in [0.15, 0.2) is 5.16 Å². The lowest BCUT2D eigenvalue weighted by molar-refractivity contribution is 0.133. The first-order valence-corrected chi connectivity index (χ1v) is 3.29. The van der Waals surface area contributed by atoms with Crippen molar-refractivity contribution in [1.82, 2.24) is 0 Å². The van der Waals surface area contributed by atoms with Gasteiger partial charge in [0.05, 0.1) is 0 Å². The predicted octanol–water partition coefficient (Wildman–Crippen LogP) is 0.158. The van der Waals surface area contributed by atoms with Crippen molar-refractivity contribution in [1.29, 1.82) is 0 Å². The summed E-state index contributed by atoms with van der Waals surface area (Å²) in [5.74, 6) is 0.658. The van der Waals surface area contributed by atoms with Gasteiger partial charge in [0.1, 0.15) is 6.10 Å². The molecule has 0 aromatic heterocycles. The molecule has 0 spiro atoms. The fourth-order valence-corrected chi connectivity index (χ4v) is 1.01. The summed E-state index contributed by atoms with van der Waals surface area (Å²) in [6.07, 6.45) is 2.06. The summed E-state index contributed by atoms with van der Waals surface area (Å²) >= 11 is 0. The largest absolute Gasteiger partial charge is 0.409 e. The molecule has 58 valence electrons. The second kappa shape index (κ2) is 2.88. The molecule has 0 radical (unpaired) electrons. The second-order valence-corrected chi connectivity index (χ2v) is 2.52. The van der Waals surface area contributed by atoms with Crippen molar-refractivity contribution < 1.29 is 9.94 Å². The molecule has 4 heteroatoms. The zero-order chi connectivity index (χ0) is 7.56. The molecule has 0 amide bonds. The Kier molecular flexibility index (Phi) is 2.11. The van der Waals surface area contributed by atoms with Gasteiger partial charge in [-0.3, -0.25) is 0 Å². The Balaban J connectivity index is 2.46. The van der Waals surface area contributed by atoms with E-state index >= 15 is 0 Å². The highest BCUT2D eigenvalue weighted by molar-refractivity contribution is 5.84. The second-order valence-electron chi connectivity index (χ2n) is 2.52. The van der Waals surface area contributed by atoms with Gasteiger partial charge in [-0.2, -0.15) is 0 Å². The van der Waals surface area contributed by atoms with E-state index in [1.807, 2.05) is 0 Å². The fourth-order valence-electron chi connectivity index (χ4n) is 1.01. The Hall–Kier alpha value is -0.770. The Morgan fingerprint density at radius 1 is 1.80 bits per heavy atom. The average molecular weight is 144 g/mol. The number of nitrogens with zero attached hydrogens (tertiary/aromatic N) is 1. The molecule has 1 aliphatic carbocycles. The van der Waals surface area contributed by atoms with Crippen molar-refractivity contribution in [3.05, 3.63) is 0 Å². The Labute approximate surface area is 59.7 Å². The monoisotopic (exact) mass is 144 g/mol. The Bertz CT molecular complexity index is 143. The highest BCUT2D eigenvalue weighted by Crippen LogP contribution is 2.33. The third-order valence-electron chi connectivity index (χ3n) is 1.71. The van der Waals surface area contributed by atoms with Crippen molar-refractivity contribution in [2.75, 3.05) is 7.11 Å². The lowest BCUT2D eigenvalue weighted by Crippen LogP contribution is -2.32. The highest BCUT2D eigenvalue weighted by Gasteiger charge is 2.34. The van der Waals surface area contributed by atoms with Crippen LogP contribution in [-0.2, 0) is 4.74 Å². The number of hydrogen-bond donors (Lipinski definition) is 2. The van der Waals surface area contributed by atoms with Crippen LogP contribution >= 0.6 is 0 Å². The van der Waals surface area contributed by atoms with Crippen LogP contribution in [0.1, 0.15) is 12.8 Å². The van der Waals surface area contributed by atoms with E-state index < -0.39 is 0 Å². The van der Waals surface area contributed by atoms with Gasteiger partial charge in [0.25, 0.3) is 0 Å². The van der Waals surface area contributed by atoms with Gasteiger partial charge in [0.15, 0.2) is 5.84 Å². The standard InChI is InChI=1S/C6H12N2O2/c1-10-5(4-2-3-4)6(7)8-9/h4-5,9H,2-3H2,1H3,(H2,7,8). The maximum absolute atomic E-state index is 8.30. The Morgan fingerprint density at radius 2 is 2.40 bits per heavy atom.